The van der Waals surface area contributed by atoms with Crippen LogP contribution in [-0.2, 0) is 30.6 Å². The molecule has 0 aliphatic carbocycles. The fourth-order valence-corrected chi connectivity index (χ4v) is 0.0929. The van der Waals surface area contributed by atoms with Crippen LogP contribution in [0.5, 0.6) is 0 Å². The minimum absolute atomic E-state index is 0. The molecule has 0 atom stereocenters. The predicted octanol–water partition coefficient (Wildman–Crippen LogP) is 0.254. The van der Waals surface area contributed by atoms with Crippen LogP contribution in [0.15, 0.2) is 12.7 Å². The first-order valence-corrected chi connectivity index (χ1v) is 1.51. The van der Waals surface area contributed by atoms with Crippen molar-refractivity contribution < 1.29 is 30.6 Å². The molecule has 0 unspecified atom stereocenters. The molecule has 40 valence electrons. The Balaban J connectivity index is 0. The zero-order valence-electron chi connectivity index (χ0n) is 3.72. The van der Waals surface area contributed by atoms with E-state index in [1.54, 1.807) is 0 Å². The molecule has 0 saturated heterocycles. The maximum Gasteiger partial charge on any atom is 0.0671 e. The van der Waals surface area contributed by atoms with E-state index >= 15 is 0 Å². The van der Waals surface area contributed by atoms with Gasteiger partial charge in [-0.05, 0) is 0 Å². The number of rotatable bonds is 3. The van der Waals surface area contributed by atoms with E-state index in [4.69, 9.17) is 4.79 Å². The molecule has 0 saturated carbocycles. The van der Waals surface area contributed by atoms with Gasteiger partial charge in [0.15, 0.2) is 0 Å². The van der Waals surface area contributed by atoms with Gasteiger partial charge in [-0.2, -0.15) is 0 Å². The third-order valence-electron chi connectivity index (χ3n) is 0.260. The van der Waals surface area contributed by atoms with E-state index in [0.717, 1.165) is 0 Å². The number of ether oxygens (including phenoxy) is 1. The van der Waals surface area contributed by atoms with Crippen molar-refractivity contribution >= 4 is 6.47 Å². The van der Waals surface area contributed by atoms with Crippen molar-refractivity contribution in [3.63, 3.8) is 0 Å². The molecule has 0 aromatic heterocycles. The van der Waals surface area contributed by atoms with Crippen LogP contribution in [0, 0.1) is 0 Å². The molecule has 0 fully saturated rings. The van der Waals surface area contributed by atoms with Crippen molar-refractivity contribution in [3.8, 4) is 0 Å². The van der Waals surface area contributed by atoms with E-state index in [9.17, 15) is 0 Å². The molecule has 3 heteroatoms. The number of carbonyl (C=O) groups excluding carboxylic acids is 1. The second-order valence-corrected chi connectivity index (χ2v) is 0.683. The van der Waals surface area contributed by atoms with Crippen LogP contribution in [0.2, 0.25) is 0 Å². The molecule has 2 nitrogen and oxygen atoms in total. The summed E-state index contributed by atoms with van der Waals surface area (Å²) in [4.78, 5) is 9.17. The molecule has 0 amide bonds. The van der Waals surface area contributed by atoms with Gasteiger partial charge in [0.2, 0.25) is 0 Å². The Morgan fingerprint density at radius 1 is 1.86 bits per heavy atom. The van der Waals surface area contributed by atoms with E-state index in [-0.39, 0.29) is 27.7 Å². The van der Waals surface area contributed by atoms with Gasteiger partial charge in [0.1, 0.15) is 0 Å². The summed E-state index contributed by atoms with van der Waals surface area (Å²) in [5.41, 5.74) is 0. The maximum atomic E-state index is 9.17. The average Bonchev–Trinajstić information content (AvgIpc) is 1.61. The average molecular weight is 269 g/mol. The fraction of sp³-hybridized carbons (Fsp3) is 0.250. The first-order chi connectivity index (χ1) is 2.91. The Hall–Kier alpha value is -0.102. The molecule has 0 aromatic rings. The van der Waals surface area contributed by atoms with Gasteiger partial charge in [-0.3, -0.25) is 0 Å². The number of hydrogen-bond acceptors (Lipinski definition) is 2. The summed E-state index contributed by atoms with van der Waals surface area (Å²) in [5, 5.41) is 0. The van der Waals surface area contributed by atoms with Crippen molar-refractivity contribution in [1.82, 2.24) is 0 Å². The summed E-state index contributed by atoms with van der Waals surface area (Å²) in [6.45, 7) is 4.80. The summed E-state index contributed by atoms with van der Waals surface area (Å²) in [5.74, 6) is 0. The standard InChI is InChI=1S/C4H5O2.W/c1-2-3-6-4-5;/h2H,1,3H2;/q-1;. The Labute approximate surface area is 56.8 Å². The summed E-state index contributed by atoms with van der Waals surface area (Å²) in [6.07, 6.45) is 1.48. The minimum Gasteiger partial charge on any atom is -0.650 e. The second kappa shape index (κ2) is 9.31. The van der Waals surface area contributed by atoms with Crippen LogP contribution in [0.3, 0.4) is 0 Å². The monoisotopic (exact) mass is 269 g/mol. The number of hydrogen-bond donors (Lipinski definition) is 0. The van der Waals surface area contributed by atoms with Gasteiger partial charge in [0.25, 0.3) is 0 Å². The van der Waals surface area contributed by atoms with Gasteiger partial charge in [-0.15, -0.1) is 0 Å². The van der Waals surface area contributed by atoms with Gasteiger partial charge in [0, 0.05) is 21.1 Å². The van der Waals surface area contributed by atoms with Crippen molar-refractivity contribution in [3.05, 3.63) is 12.7 Å². The molecule has 0 rings (SSSR count). The molecule has 0 spiro atoms. The predicted molar refractivity (Wildman–Crippen MR) is 21.8 cm³/mol. The molecular weight excluding hydrogens is 264 g/mol. The van der Waals surface area contributed by atoms with E-state index < -0.39 is 0 Å². The minimum atomic E-state index is 0. The SMILES string of the molecule is C=CCO[C-]=O.[W]. The Kier molecular flexibility index (Phi) is 13.3. The van der Waals surface area contributed by atoms with Crippen LogP contribution < -0.4 is 0 Å². The van der Waals surface area contributed by atoms with Crippen LogP contribution in [0.1, 0.15) is 0 Å². The van der Waals surface area contributed by atoms with E-state index in [1.807, 2.05) is 0 Å². The van der Waals surface area contributed by atoms with Gasteiger partial charge >= 0.3 is 0 Å². The largest absolute Gasteiger partial charge is 0.650 e. The van der Waals surface area contributed by atoms with Crippen LogP contribution in [0.25, 0.3) is 0 Å². The van der Waals surface area contributed by atoms with Crippen molar-refractivity contribution in [2.45, 2.75) is 0 Å². The molecule has 0 aliphatic heterocycles. The fourth-order valence-electron chi connectivity index (χ4n) is 0.0929. The van der Waals surface area contributed by atoms with Gasteiger partial charge in [0.05, 0.1) is 6.61 Å². The van der Waals surface area contributed by atoms with Gasteiger partial charge in [-0.25, -0.2) is 0 Å². The van der Waals surface area contributed by atoms with E-state index in [1.165, 1.54) is 12.5 Å². The third-order valence-corrected chi connectivity index (χ3v) is 0.260. The van der Waals surface area contributed by atoms with Crippen molar-refractivity contribution in [2.24, 2.45) is 0 Å². The molecular formula is C4H5O2W-. The topological polar surface area (TPSA) is 26.3 Å². The van der Waals surface area contributed by atoms with Crippen LogP contribution >= 0.6 is 0 Å². The maximum absolute atomic E-state index is 9.17. The summed E-state index contributed by atoms with van der Waals surface area (Å²) >= 11 is 0. The van der Waals surface area contributed by atoms with E-state index in [0.29, 0.717) is 0 Å². The van der Waals surface area contributed by atoms with Crippen LogP contribution in [-0.4, -0.2) is 13.1 Å². The Morgan fingerprint density at radius 3 is 2.57 bits per heavy atom. The smallest absolute Gasteiger partial charge is 0.0671 e. The Bertz CT molecular complexity index is 45.7. The second-order valence-electron chi connectivity index (χ2n) is 0.683. The molecule has 0 aromatic carbocycles. The summed E-state index contributed by atoms with van der Waals surface area (Å²) in [6, 6.07) is 0. The first-order valence-electron chi connectivity index (χ1n) is 1.51. The molecule has 0 radical (unpaired) electrons. The van der Waals surface area contributed by atoms with Gasteiger partial charge in [-0.1, -0.05) is 19.1 Å². The summed E-state index contributed by atoms with van der Waals surface area (Å²) in [7, 11) is 0. The molecule has 7 heavy (non-hydrogen) atoms. The normalized spacial score (nSPS) is 5.71. The van der Waals surface area contributed by atoms with Gasteiger partial charge < -0.3 is 9.53 Å². The Morgan fingerprint density at radius 2 is 2.43 bits per heavy atom. The molecule has 0 N–H and O–H groups in total. The zero-order chi connectivity index (χ0) is 4.83. The molecule has 0 aliphatic rings. The molecule has 0 bridgehead atoms. The van der Waals surface area contributed by atoms with Crippen LogP contribution in [0.4, 0.5) is 0 Å². The van der Waals surface area contributed by atoms with Crippen molar-refractivity contribution in [1.29, 1.82) is 0 Å². The first kappa shape index (κ1) is 10.0. The van der Waals surface area contributed by atoms with E-state index in [2.05, 4.69) is 11.3 Å². The molecule has 0 heterocycles. The third kappa shape index (κ3) is 10.7. The quantitative estimate of drug-likeness (QED) is 0.417. The van der Waals surface area contributed by atoms with Crippen molar-refractivity contribution in [2.75, 3.05) is 6.61 Å². The summed E-state index contributed by atoms with van der Waals surface area (Å²) < 4.78 is 4.06. The zero-order valence-corrected chi connectivity index (χ0v) is 6.65.